The largest absolute Gasteiger partial charge is 0.507 e. The van der Waals surface area contributed by atoms with Crippen LogP contribution in [0.15, 0.2) is 24.3 Å². The van der Waals surface area contributed by atoms with Crippen LogP contribution in [0.5, 0.6) is 5.75 Å². The number of phenolic OH excluding ortho intramolecular Hbond substituents is 1. The highest BCUT2D eigenvalue weighted by Gasteiger charge is 2.30. The van der Waals surface area contributed by atoms with Crippen LogP contribution in [0.2, 0.25) is 0 Å². The molecule has 1 amide bonds. The number of hydrogen-bond acceptors (Lipinski definition) is 3. The van der Waals surface area contributed by atoms with Gasteiger partial charge in [-0.1, -0.05) is 25.0 Å². The molecule has 2 N–H and O–H groups in total. The highest BCUT2D eigenvalue weighted by atomic mass is 16.3. The molecule has 0 heterocycles. The molecule has 2 unspecified atom stereocenters. The summed E-state index contributed by atoms with van der Waals surface area (Å²) in [7, 11) is 1.69. The summed E-state index contributed by atoms with van der Waals surface area (Å²) in [6.07, 6.45) is 3.13. The first-order valence-electron chi connectivity index (χ1n) is 6.34. The molecule has 1 aliphatic carbocycles. The number of nitrogens with zero attached hydrogens (tertiary/aromatic N) is 1. The van der Waals surface area contributed by atoms with Gasteiger partial charge in [0.05, 0.1) is 17.7 Å². The van der Waals surface area contributed by atoms with E-state index in [4.69, 9.17) is 0 Å². The molecule has 0 saturated heterocycles. The SMILES string of the molecule is CN(C(=O)c1ccccc1O)C1CCCCC1O. The Balaban J connectivity index is 2.16. The third-order valence-corrected chi connectivity index (χ3v) is 3.65. The Bertz CT molecular complexity index is 433. The number of rotatable bonds is 2. The Morgan fingerprint density at radius 1 is 1.28 bits per heavy atom. The van der Waals surface area contributed by atoms with Gasteiger partial charge in [-0.05, 0) is 25.0 Å². The predicted octanol–water partition coefficient (Wildman–Crippen LogP) is 1.77. The van der Waals surface area contributed by atoms with E-state index in [1.54, 1.807) is 30.1 Å². The molecule has 0 aliphatic heterocycles. The lowest BCUT2D eigenvalue weighted by molar-refractivity contribution is 0.0266. The maximum absolute atomic E-state index is 12.3. The van der Waals surface area contributed by atoms with E-state index in [9.17, 15) is 15.0 Å². The third kappa shape index (κ3) is 2.48. The van der Waals surface area contributed by atoms with E-state index in [-0.39, 0.29) is 23.3 Å². The summed E-state index contributed by atoms with van der Waals surface area (Å²) in [5.41, 5.74) is 0.290. The van der Waals surface area contributed by atoms with E-state index < -0.39 is 6.10 Å². The summed E-state index contributed by atoms with van der Waals surface area (Å²) < 4.78 is 0. The van der Waals surface area contributed by atoms with Crippen molar-refractivity contribution < 1.29 is 15.0 Å². The van der Waals surface area contributed by atoms with Crippen molar-refractivity contribution in [1.29, 1.82) is 0 Å². The first kappa shape index (κ1) is 12.9. The van der Waals surface area contributed by atoms with Gasteiger partial charge in [0.15, 0.2) is 0 Å². The van der Waals surface area contributed by atoms with Crippen LogP contribution in [0.4, 0.5) is 0 Å². The average Bonchev–Trinajstić information content (AvgIpc) is 2.38. The van der Waals surface area contributed by atoms with Gasteiger partial charge in [0.1, 0.15) is 5.75 Å². The Morgan fingerprint density at radius 3 is 2.61 bits per heavy atom. The summed E-state index contributed by atoms with van der Waals surface area (Å²) in [4.78, 5) is 13.8. The molecule has 1 fully saturated rings. The Labute approximate surface area is 107 Å². The first-order chi connectivity index (χ1) is 8.61. The van der Waals surface area contributed by atoms with Crippen LogP contribution in [0, 0.1) is 0 Å². The van der Waals surface area contributed by atoms with E-state index >= 15 is 0 Å². The molecule has 1 saturated carbocycles. The monoisotopic (exact) mass is 249 g/mol. The molecule has 0 spiro atoms. The number of carbonyl (C=O) groups is 1. The number of aliphatic hydroxyl groups excluding tert-OH is 1. The lowest BCUT2D eigenvalue weighted by Gasteiger charge is -2.35. The van der Waals surface area contributed by atoms with Crippen LogP contribution in [-0.2, 0) is 0 Å². The molecule has 1 aromatic rings. The van der Waals surface area contributed by atoms with Gasteiger partial charge in [0.25, 0.3) is 5.91 Å². The summed E-state index contributed by atoms with van der Waals surface area (Å²) in [5.74, 6) is -0.251. The van der Waals surface area contributed by atoms with Crippen LogP contribution < -0.4 is 0 Å². The zero-order valence-corrected chi connectivity index (χ0v) is 10.5. The van der Waals surface area contributed by atoms with Crippen molar-refractivity contribution in [2.75, 3.05) is 7.05 Å². The number of amides is 1. The van der Waals surface area contributed by atoms with Gasteiger partial charge in [0.2, 0.25) is 0 Å². The van der Waals surface area contributed by atoms with Gasteiger partial charge < -0.3 is 15.1 Å². The van der Waals surface area contributed by atoms with Crippen molar-refractivity contribution in [3.63, 3.8) is 0 Å². The standard InChI is InChI=1S/C14H19NO3/c1-15(11-7-3-5-9-13(11)17)14(18)10-6-2-4-8-12(10)16/h2,4,6,8,11,13,16-17H,3,5,7,9H2,1H3. The lowest BCUT2D eigenvalue weighted by atomic mass is 9.91. The average molecular weight is 249 g/mol. The number of likely N-dealkylation sites (N-methyl/N-ethyl adjacent to an activating group) is 1. The molecule has 18 heavy (non-hydrogen) atoms. The number of aromatic hydroxyl groups is 1. The molecule has 2 atom stereocenters. The van der Waals surface area contributed by atoms with E-state index in [1.807, 2.05) is 0 Å². The fraction of sp³-hybridized carbons (Fsp3) is 0.500. The van der Waals surface area contributed by atoms with Gasteiger partial charge in [-0.2, -0.15) is 0 Å². The van der Waals surface area contributed by atoms with Crippen molar-refractivity contribution in [3.8, 4) is 5.75 Å². The first-order valence-corrected chi connectivity index (χ1v) is 6.34. The highest BCUT2D eigenvalue weighted by Crippen LogP contribution is 2.25. The summed E-state index contributed by atoms with van der Waals surface area (Å²) in [6.45, 7) is 0. The topological polar surface area (TPSA) is 60.8 Å². The summed E-state index contributed by atoms with van der Waals surface area (Å²) in [5, 5.41) is 19.6. The zero-order valence-electron chi connectivity index (χ0n) is 10.5. The lowest BCUT2D eigenvalue weighted by Crippen LogP contribution is -2.46. The highest BCUT2D eigenvalue weighted by molar-refractivity contribution is 5.96. The van der Waals surface area contributed by atoms with Crippen molar-refractivity contribution >= 4 is 5.91 Å². The molecule has 98 valence electrons. The molecule has 0 radical (unpaired) electrons. The number of phenols is 1. The second kappa shape index (κ2) is 5.40. The maximum atomic E-state index is 12.3. The van der Waals surface area contributed by atoms with Crippen molar-refractivity contribution in [3.05, 3.63) is 29.8 Å². The van der Waals surface area contributed by atoms with Gasteiger partial charge in [-0.25, -0.2) is 0 Å². The van der Waals surface area contributed by atoms with Crippen molar-refractivity contribution in [2.24, 2.45) is 0 Å². The fourth-order valence-electron chi connectivity index (χ4n) is 2.54. The number of aliphatic hydroxyl groups is 1. The van der Waals surface area contributed by atoms with Crippen molar-refractivity contribution in [1.82, 2.24) is 4.90 Å². The second-order valence-electron chi connectivity index (χ2n) is 4.85. The van der Waals surface area contributed by atoms with E-state index in [1.165, 1.54) is 6.07 Å². The van der Waals surface area contributed by atoms with E-state index in [0.717, 1.165) is 25.7 Å². The number of para-hydroxylation sites is 1. The predicted molar refractivity (Wildman–Crippen MR) is 68.5 cm³/mol. The van der Waals surface area contributed by atoms with E-state index in [0.29, 0.717) is 0 Å². The fourth-order valence-corrected chi connectivity index (χ4v) is 2.54. The number of carbonyl (C=O) groups excluding carboxylic acids is 1. The van der Waals surface area contributed by atoms with Gasteiger partial charge >= 0.3 is 0 Å². The van der Waals surface area contributed by atoms with Gasteiger partial charge in [-0.3, -0.25) is 4.79 Å². The molecule has 1 aromatic carbocycles. The summed E-state index contributed by atoms with van der Waals surface area (Å²) >= 11 is 0. The van der Waals surface area contributed by atoms with Crippen LogP contribution in [-0.4, -0.2) is 40.2 Å². The normalized spacial score (nSPS) is 23.7. The Kier molecular flexibility index (Phi) is 3.87. The Hall–Kier alpha value is -1.55. The molecule has 4 heteroatoms. The molecular weight excluding hydrogens is 230 g/mol. The molecule has 0 aromatic heterocycles. The molecule has 1 aliphatic rings. The van der Waals surface area contributed by atoms with Gasteiger partial charge in [0, 0.05) is 7.05 Å². The third-order valence-electron chi connectivity index (χ3n) is 3.65. The minimum absolute atomic E-state index is 0.0142. The van der Waals surface area contributed by atoms with Crippen molar-refractivity contribution in [2.45, 2.75) is 37.8 Å². The van der Waals surface area contributed by atoms with E-state index in [2.05, 4.69) is 0 Å². The summed E-state index contributed by atoms with van der Waals surface area (Å²) in [6, 6.07) is 6.35. The van der Waals surface area contributed by atoms with Crippen LogP contribution in [0.3, 0.4) is 0 Å². The number of hydrogen-bond donors (Lipinski definition) is 2. The minimum atomic E-state index is -0.460. The molecule has 2 rings (SSSR count). The van der Waals surface area contributed by atoms with Gasteiger partial charge in [-0.15, -0.1) is 0 Å². The van der Waals surface area contributed by atoms with Crippen LogP contribution in [0.1, 0.15) is 36.0 Å². The molecule has 4 nitrogen and oxygen atoms in total. The molecule has 0 bridgehead atoms. The quantitative estimate of drug-likeness (QED) is 0.839. The maximum Gasteiger partial charge on any atom is 0.257 e. The zero-order chi connectivity index (χ0) is 13.1. The smallest absolute Gasteiger partial charge is 0.257 e. The second-order valence-corrected chi connectivity index (χ2v) is 4.85. The van der Waals surface area contributed by atoms with Crippen LogP contribution in [0.25, 0.3) is 0 Å². The Morgan fingerprint density at radius 2 is 1.94 bits per heavy atom. The number of benzene rings is 1. The minimum Gasteiger partial charge on any atom is -0.507 e. The van der Waals surface area contributed by atoms with Crippen LogP contribution >= 0.6 is 0 Å². The molecular formula is C14H19NO3.